The molecule has 0 aromatic heterocycles. The average Bonchev–Trinajstić information content (AvgIpc) is 2.45. The molecule has 0 spiro atoms. The zero-order valence-corrected chi connectivity index (χ0v) is 14.2. The summed E-state index contributed by atoms with van der Waals surface area (Å²) in [7, 11) is -0.602. The zero-order valence-electron chi connectivity index (χ0n) is 13.3. The van der Waals surface area contributed by atoms with E-state index in [2.05, 4.69) is 10.0 Å². The van der Waals surface area contributed by atoms with Gasteiger partial charge in [0.15, 0.2) is 6.61 Å². The molecule has 1 rings (SSSR count). The standard InChI is InChI=1S/C14H23N3O4S/c1-11-6-5-7-13(12(11)2)21-10-14(18)15-8-9-16-22(19,20)17(3)4/h5-7,16H,8-10H2,1-4H3,(H,15,18). The van der Waals surface area contributed by atoms with Gasteiger partial charge in [-0.15, -0.1) is 0 Å². The van der Waals surface area contributed by atoms with Gasteiger partial charge in [-0.25, -0.2) is 4.72 Å². The van der Waals surface area contributed by atoms with Gasteiger partial charge in [0.05, 0.1) is 0 Å². The molecule has 0 radical (unpaired) electrons. The number of hydrogen-bond donors (Lipinski definition) is 2. The predicted octanol–water partition coefficient (Wildman–Crippen LogP) is 0.194. The van der Waals surface area contributed by atoms with Gasteiger partial charge in [0, 0.05) is 27.2 Å². The molecule has 1 amide bonds. The molecule has 1 aromatic rings. The summed E-state index contributed by atoms with van der Waals surface area (Å²) in [5.41, 5.74) is 2.09. The molecule has 0 aliphatic carbocycles. The van der Waals surface area contributed by atoms with Gasteiger partial charge < -0.3 is 10.1 Å². The van der Waals surface area contributed by atoms with E-state index in [0.29, 0.717) is 5.75 Å². The van der Waals surface area contributed by atoms with Crippen molar-refractivity contribution in [3.05, 3.63) is 29.3 Å². The fourth-order valence-corrected chi connectivity index (χ4v) is 2.20. The molecule has 0 saturated carbocycles. The summed E-state index contributed by atoms with van der Waals surface area (Å²) in [5.74, 6) is 0.369. The minimum atomic E-state index is -3.46. The van der Waals surface area contributed by atoms with Gasteiger partial charge in [-0.2, -0.15) is 12.7 Å². The SMILES string of the molecule is Cc1cccc(OCC(=O)NCCNS(=O)(=O)N(C)C)c1C. The third kappa shape index (κ3) is 5.63. The van der Waals surface area contributed by atoms with Crippen LogP contribution in [0.4, 0.5) is 0 Å². The van der Waals surface area contributed by atoms with E-state index < -0.39 is 10.2 Å². The average molecular weight is 329 g/mol. The van der Waals surface area contributed by atoms with Crippen molar-refractivity contribution >= 4 is 16.1 Å². The molecule has 0 bridgehead atoms. The monoisotopic (exact) mass is 329 g/mol. The van der Waals surface area contributed by atoms with Crippen LogP contribution >= 0.6 is 0 Å². The molecular formula is C14H23N3O4S. The van der Waals surface area contributed by atoms with Crippen LogP contribution in [0.3, 0.4) is 0 Å². The van der Waals surface area contributed by atoms with E-state index in [-0.39, 0.29) is 25.6 Å². The highest BCUT2D eigenvalue weighted by Gasteiger charge is 2.12. The summed E-state index contributed by atoms with van der Waals surface area (Å²) in [6, 6.07) is 5.64. The Bertz CT molecular complexity index is 615. The predicted molar refractivity (Wildman–Crippen MR) is 85.0 cm³/mol. The Morgan fingerprint density at radius 1 is 1.23 bits per heavy atom. The van der Waals surface area contributed by atoms with Crippen LogP contribution in [-0.2, 0) is 15.0 Å². The van der Waals surface area contributed by atoms with E-state index in [4.69, 9.17) is 4.74 Å². The fraction of sp³-hybridized carbons (Fsp3) is 0.500. The van der Waals surface area contributed by atoms with Gasteiger partial charge in [0.25, 0.3) is 16.1 Å². The van der Waals surface area contributed by atoms with Gasteiger partial charge in [0.2, 0.25) is 0 Å². The van der Waals surface area contributed by atoms with Crippen molar-refractivity contribution in [2.24, 2.45) is 0 Å². The Balaban J connectivity index is 2.31. The van der Waals surface area contributed by atoms with Gasteiger partial charge in [-0.3, -0.25) is 4.79 Å². The molecule has 0 aliphatic rings. The van der Waals surface area contributed by atoms with Gasteiger partial charge in [-0.1, -0.05) is 12.1 Å². The second kappa shape index (κ2) is 8.11. The molecule has 2 N–H and O–H groups in total. The summed E-state index contributed by atoms with van der Waals surface area (Å²) in [6.07, 6.45) is 0. The number of nitrogens with zero attached hydrogens (tertiary/aromatic N) is 1. The summed E-state index contributed by atoms with van der Waals surface area (Å²) < 4.78 is 31.7. The first-order valence-electron chi connectivity index (χ1n) is 6.87. The number of amides is 1. The Kier molecular flexibility index (Phi) is 6.79. The van der Waals surface area contributed by atoms with E-state index in [9.17, 15) is 13.2 Å². The van der Waals surface area contributed by atoms with Crippen LogP contribution in [0.25, 0.3) is 0 Å². The van der Waals surface area contributed by atoms with Crippen molar-refractivity contribution in [3.8, 4) is 5.75 Å². The van der Waals surface area contributed by atoms with Crippen LogP contribution in [0, 0.1) is 13.8 Å². The maximum Gasteiger partial charge on any atom is 0.278 e. The molecule has 0 heterocycles. The molecule has 7 nitrogen and oxygen atoms in total. The van der Waals surface area contributed by atoms with Crippen molar-refractivity contribution in [2.45, 2.75) is 13.8 Å². The minimum absolute atomic E-state index is 0.106. The van der Waals surface area contributed by atoms with Crippen molar-refractivity contribution in [1.29, 1.82) is 0 Å². The quantitative estimate of drug-likeness (QED) is 0.667. The smallest absolute Gasteiger partial charge is 0.278 e. The number of carbonyl (C=O) groups excluding carboxylic acids is 1. The Hall–Kier alpha value is -1.64. The van der Waals surface area contributed by atoms with E-state index in [1.54, 1.807) is 6.07 Å². The number of nitrogens with one attached hydrogen (secondary N) is 2. The molecule has 0 aliphatic heterocycles. The van der Waals surface area contributed by atoms with Crippen LogP contribution < -0.4 is 14.8 Å². The second-order valence-electron chi connectivity index (χ2n) is 5.02. The lowest BCUT2D eigenvalue weighted by Crippen LogP contribution is -2.41. The summed E-state index contributed by atoms with van der Waals surface area (Å²) >= 11 is 0. The minimum Gasteiger partial charge on any atom is -0.483 e. The number of hydrogen-bond acceptors (Lipinski definition) is 4. The van der Waals surface area contributed by atoms with E-state index >= 15 is 0 Å². The fourth-order valence-electron chi connectivity index (χ4n) is 1.59. The van der Waals surface area contributed by atoms with E-state index in [1.807, 2.05) is 26.0 Å². The summed E-state index contributed by atoms with van der Waals surface area (Å²) in [4.78, 5) is 11.6. The normalized spacial score (nSPS) is 11.5. The number of carbonyl (C=O) groups is 1. The van der Waals surface area contributed by atoms with Crippen LogP contribution in [0.2, 0.25) is 0 Å². The van der Waals surface area contributed by atoms with Crippen molar-refractivity contribution in [2.75, 3.05) is 33.8 Å². The van der Waals surface area contributed by atoms with Crippen LogP contribution in [0.15, 0.2) is 18.2 Å². The maximum atomic E-state index is 11.6. The molecule has 1 aromatic carbocycles. The van der Waals surface area contributed by atoms with Crippen molar-refractivity contribution in [1.82, 2.24) is 14.3 Å². The molecule has 22 heavy (non-hydrogen) atoms. The number of aryl methyl sites for hydroxylation is 1. The molecule has 8 heteroatoms. The Morgan fingerprint density at radius 3 is 2.55 bits per heavy atom. The third-order valence-corrected chi connectivity index (χ3v) is 4.66. The second-order valence-corrected chi connectivity index (χ2v) is 6.99. The molecule has 0 fully saturated rings. The van der Waals surface area contributed by atoms with Crippen LogP contribution in [-0.4, -0.2) is 52.4 Å². The lowest BCUT2D eigenvalue weighted by molar-refractivity contribution is -0.123. The molecule has 0 saturated heterocycles. The first-order chi connectivity index (χ1) is 10.2. The van der Waals surface area contributed by atoms with Crippen molar-refractivity contribution < 1.29 is 17.9 Å². The molecule has 0 unspecified atom stereocenters. The van der Waals surface area contributed by atoms with Gasteiger partial charge in [-0.05, 0) is 31.0 Å². The van der Waals surface area contributed by atoms with Crippen molar-refractivity contribution in [3.63, 3.8) is 0 Å². The largest absolute Gasteiger partial charge is 0.483 e. The van der Waals surface area contributed by atoms with E-state index in [0.717, 1.165) is 15.4 Å². The molecule has 124 valence electrons. The first-order valence-corrected chi connectivity index (χ1v) is 8.31. The topological polar surface area (TPSA) is 87.7 Å². The highest BCUT2D eigenvalue weighted by Crippen LogP contribution is 2.20. The highest BCUT2D eigenvalue weighted by molar-refractivity contribution is 7.87. The van der Waals surface area contributed by atoms with Crippen LogP contribution in [0.1, 0.15) is 11.1 Å². The molecular weight excluding hydrogens is 306 g/mol. The van der Waals surface area contributed by atoms with Gasteiger partial charge in [0.1, 0.15) is 5.75 Å². The third-order valence-electron chi connectivity index (χ3n) is 3.13. The van der Waals surface area contributed by atoms with Gasteiger partial charge >= 0.3 is 0 Å². The number of rotatable bonds is 8. The number of benzene rings is 1. The lowest BCUT2D eigenvalue weighted by atomic mass is 10.1. The maximum absolute atomic E-state index is 11.6. The summed E-state index contributed by atoms with van der Waals surface area (Å²) in [5, 5.41) is 2.59. The van der Waals surface area contributed by atoms with Crippen LogP contribution in [0.5, 0.6) is 5.75 Å². The Labute approximate surface area is 131 Å². The lowest BCUT2D eigenvalue weighted by Gasteiger charge is -2.13. The molecule has 0 atom stereocenters. The number of ether oxygens (including phenoxy) is 1. The zero-order chi connectivity index (χ0) is 16.8. The first kappa shape index (κ1) is 18.4. The summed E-state index contributed by atoms with van der Waals surface area (Å²) in [6.45, 7) is 4.11. The van der Waals surface area contributed by atoms with E-state index in [1.165, 1.54) is 14.1 Å². The Morgan fingerprint density at radius 2 is 1.91 bits per heavy atom. The highest BCUT2D eigenvalue weighted by atomic mass is 32.2.